The van der Waals surface area contributed by atoms with E-state index in [9.17, 15) is 0 Å². The predicted octanol–water partition coefficient (Wildman–Crippen LogP) is 2.28. The third kappa shape index (κ3) is 2.38. The van der Waals surface area contributed by atoms with E-state index in [2.05, 4.69) is 30.8 Å². The van der Waals surface area contributed by atoms with E-state index in [-0.39, 0.29) is 6.04 Å². The maximum Gasteiger partial charge on any atom is 0.128 e. The van der Waals surface area contributed by atoms with Crippen molar-refractivity contribution in [3.05, 3.63) is 17.5 Å². The van der Waals surface area contributed by atoms with E-state index < -0.39 is 0 Å². The molecule has 4 heteroatoms. The monoisotopic (exact) mass is 237 g/mol. The lowest BCUT2D eigenvalue weighted by Gasteiger charge is -2.26. The van der Waals surface area contributed by atoms with Crippen LogP contribution in [0.5, 0.6) is 0 Å². The summed E-state index contributed by atoms with van der Waals surface area (Å²) >= 11 is 0. The van der Waals surface area contributed by atoms with Crippen LogP contribution in [0.3, 0.4) is 0 Å². The van der Waals surface area contributed by atoms with Crippen molar-refractivity contribution in [1.29, 1.82) is 0 Å². The quantitative estimate of drug-likeness (QED) is 0.873. The number of aromatic nitrogens is 1. The van der Waals surface area contributed by atoms with Crippen LogP contribution >= 0.6 is 0 Å². The largest absolute Gasteiger partial charge is 0.364 e. The average molecular weight is 237 g/mol. The zero-order valence-electron chi connectivity index (χ0n) is 11.0. The van der Waals surface area contributed by atoms with Crippen LogP contribution in [-0.4, -0.2) is 29.2 Å². The third-order valence-corrected chi connectivity index (χ3v) is 3.55. The fourth-order valence-electron chi connectivity index (χ4n) is 2.76. The van der Waals surface area contributed by atoms with Crippen LogP contribution in [0.2, 0.25) is 0 Å². The minimum atomic E-state index is 0.207. The number of hydrogen-bond acceptors (Lipinski definition) is 4. The molecule has 1 saturated heterocycles. The molecule has 2 N–H and O–H groups in total. The number of nitrogens with zero attached hydrogens (tertiary/aromatic N) is 2. The summed E-state index contributed by atoms with van der Waals surface area (Å²) in [6, 6.07) is 0.497. The molecule has 0 unspecified atom stereocenters. The molecule has 0 saturated carbocycles. The van der Waals surface area contributed by atoms with Crippen LogP contribution in [0.1, 0.15) is 56.8 Å². The van der Waals surface area contributed by atoms with Gasteiger partial charge in [-0.1, -0.05) is 25.9 Å². The van der Waals surface area contributed by atoms with Crippen molar-refractivity contribution in [2.75, 3.05) is 13.1 Å². The highest BCUT2D eigenvalue weighted by Gasteiger charge is 2.35. The van der Waals surface area contributed by atoms with E-state index in [1.165, 1.54) is 5.56 Å². The van der Waals surface area contributed by atoms with Crippen molar-refractivity contribution in [3.8, 4) is 0 Å². The second kappa shape index (κ2) is 5.19. The van der Waals surface area contributed by atoms with E-state index in [1.807, 2.05) is 0 Å². The molecule has 0 radical (unpaired) electrons. The summed E-state index contributed by atoms with van der Waals surface area (Å²) in [5.74, 6) is 0.389. The van der Waals surface area contributed by atoms with Gasteiger partial charge in [-0.3, -0.25) is 4.90 Å². The molecule has 2 atom stereocenters. The molecule has 2 heterocycles. The van der Waals surface area contributed by atoms with Gasteiger partial charge in [-0.05, 0) is 25.3 Å². The first-order chi connectivity index (χ1) is 8.15. The van der Waals surface area contributed by atoms with Crippen molar-refractivity contribution >= 4 is 0 Å². The van der Waals surface area contributed by atoms with Gasteiger partial charge < -0.3 is 10.3 Å². The van der Waals surface area contributed by atoms with Gasteiger partial charge in [0.15, 0.2) is 0 Å². The first-order valence-electron chi connectivity index (χ1n) is 6.59. The second-order valence-electron chi connectivity index (χ2n) is 5.24. The van der Waals surface area contributed by atoms with Gasteiger partial charge >= 0.3 is 0 Å². The van der Waals surface area contributed by atoms with Crippen LogP contribution in [-0.2, 0) is 0 Å². The number of nitrogens with two attached hydrogens (primary N) is 1. The van der Waals surface area contributed by atoms with Crippen molar-refractivity contribution in [2.45, 2.75) is 51.6 Å². The van der Waals surface area contributed by atoms with Crippen molar-refractivity contribution in [2.24, 2.45) is 5.73 Å². The summed E-state index contributed by atoms with van der Waals surface area (Å²) in [7, 11) is 0. The van der Waals surface area contributed by atoms with Gasteiger partial charge in [-0.15, -0.1) is 0 Å². The van der Waals surface area contributed by atoms with Gasteiger partial charge in [-0.25, -0.2) is 0 Å². The highest BCUT2D eigenvalue weighted by Crippen LogP contribution is 2.35. The third-order valence-electron chi connectivity index (χ3n) is 3.55. The molecular formula is C13H23N3O. The van der Waals surface area contributed by atoms with Crippen molar-refractivity contribution in [3.63, 3.8) is 0 Å². The fourth-order valence-corrected chi connectivity index (χ4v) is 2.76. The topological polar surface area (TPSA) is 55.3 Å². The minimum absolute atomic E-state index is 0.207. The molecule has 0 aliphatic carbocycles. The second-order valence-corrected chi connectivity index (χ2v) is 5.24. The average Bonchev–Trinajstić information content (AvgIpc) is 2.85. The summed E-state index contributed by atoms with van der Waals surface area (Å²) in [5.41, 5.74) is 8.51. The molecular weight excluding hydrogens is 214 g/mol. The van der Waals surface area contributed by atoms with E-state index in [0.717, 1.165) is 31.6 Å². The van der Waals surface area contributed by atoms with Gasteiger partial charge in [0.25, 0.3) is 0 Å². The Kier molecular flexibility index (Phi) is 3.84. The normalized spacial score (nSPS) is 25.9. The van der Waals surface area contributed by atoms with Crippen LogP contribution in [0.4, 0.5) is 0 Å². The lowest BCUT2D eigenvalue weighted by molar-refractivity contribution is 0.246. The van der Waals surface area contributed by atoms with Gasteiger partial charge in [-0.2, -0.15) is 0 Å². The summed E-state index contributed by atoms with van der Waals surface area (Å²) in [6.07, 6.45) is 4.01. The van der Waals surface area contributed by atoms with Gasteiger partial charge in [0.05, 0.1) is 11.7 Å². The number of likely N-dealkylation sites (tertiary alicyclic amines) is 1. The predicted molar refractivity (Wildman–Crippen MR) is 67.8 cm³/mol. The fraction of sp³-hybridized carbons (Fsp3) is 0.769. The molecule has 0 aromatic carbocycles. The van der Waals surface area contributed by atoms with E-state index in [1.54, 1.807) is 6.26 Å². The van der Waals surface area contributed by atoms with Crippen LogP contribution < -0.4 is 5.73 Å². The van der Waals surface area contributed by atoms with Gasteiger partial charge in [0.1, 0.15) is 6.26 Å². The van der Waals surface area contributed by atoms with Gasteiger partial charge in [0.2, 0.25) is 0 Å². The van der Waals surface area contributed by atoms with E-state index in [4.69, 9.17) is 10.3 Å². The Bertz CT molecular complexity index is 359. The van der Waals surface area contributed by atoms with Gasteiger partial charge in [0, 0.05) is 18.2 Å². The SMILES string of the molecule is CCCN1CC[C@H](N)[C@H]1c1conc1C(C)C. The molecule has 4 nitrogen and oxygen atoms in total. The summed E-state index contributed by atoms with van der Waals surface area (Å²) in [6.45, 7) is 8.68. The highest BCUT2D eigenvalue weighted by molar-refractivity contribution is 5.25. The van der Waals surface area contributed by atoms with Crippen molar-refractivity contribution in [1.82, 2.24) is 10.1 Å². The molecule has 2 rings (SSSR count). The molecule has 17 heavy (non-hydrogen) atoms. The van der Waals surface area contributed by atoms with E-state index in [0.29, 0.717) is 12.0 Å². The Morgan fingerprint density at radius 2 is 2.35 bits per heavy atom. The number of hydrogen-bond donors (Lipinski definition) is 1. The highest BCUT2D eigenvalue weighted by atomic mass is 16.5. The Hall–Kier alpha value is -0.870. The first kappa shape index (κ1) is 12.6. The molecule has 1 aliphatic rings. The lowest BCUT2D eigenvalue weighted by atomic mass is 9.96. The molecule has 1 aliphatic heterocycles. The van der Waals surface area contributed by atoms with Crippen molar-refractivity contribution < 1.29 is 4.52 Å². The van der Waals surface area contributed by atoms with Crippen LogP contribution in [0.25, 0.3) is 0 Å². The number of rotatable bonds is 4. The maximum atomic E-state index is 6.25. The summed E-state index contributed by atoms with van der Waals surface area (Å²) in [5, 5.41) is 4.13. The molecule has 1 aromatic rings. The minimum Gasteiger partial charge on any atom is -0.364 e. The van der Waals surface area contributed by atoms with E-state index >= 15 is 0 Å². The Morgan fingerprint density at radius 1 is 1.59 bits per heavy atom. The van der Waals surface area contributed by atoms with Crippen LogP contribution in [0, 0.1) is 0 Å². The first-order valence-corrected chi connectivity index (χ1v) is 6.59. The molecule has 0 spiro atoms. The molecule has 0 bridgehead atoms. The Morgan fingerprint density at radius 3 is 3.00 bits per heavy atom. The Labute approximate surface area is 103 Å². The maximum absolute atomic E-state index is 6.25. The molecule has 0 amide bonds. The summed E-state index contributed by atoms with van der Waals surface area (Å²) in [4.78, 5) is 2.46. The Balaban J connectivity index is 2.26. The summed E-state index contributed by atoms with van der Waals surface area (Å²) < 4.78 is 5.16. The molecule has 1 aromatic heterocycles. The zero-order chi connectivity index (χ0) is 12.4. The molecule has 1 fully saturated rings. The smallest absolute Gasteiger partial charge is 0.128 e. The lowest BCUT2D eigenvalue weighted by Crippen LogP contribution is -2.32. The molecule has 96 valence electrons. The zero-order valence-corrected chi connectivity index (χ0v) is 11.0. The standard InChI is InChI=1S/C13H23N3O/c1-4-6-16-7-5-11(14)13(16)10-8-17-15-12(10)9(2)3/h8-9,11,13H,4-7,14H2,1-3H3/t11-,13+/m0/s1. The van der Waals surface area contributed by atoms with Crippen LogP contribution in [0.15, 0.2) is 10.8 Å².